The van der Waals surface area contributed by atoms with Gasteiger partial charge in [-0.25, -0.2) is 9.11 Å². The lowest BCUT2D eigenvalue weighted by Crippen LogP contribution is -2.21. The van der Waals surface area contributed by atoms with Gasteiger partial charge in [0, 0.05) is 0 Å². The van der Waals surface area contributed by atoms with Crippen molar-refractivity contribution in [2.45, 2.75) is 29.4 Å². The molecule has 240 valence electrons. The van der Waals surface area contributed by atoms with Crippen molar-refractivity contribution in [3.8, 4) is 0 Å². The van der Waals surface area contributed by atoms with E-state index in [1.807, 2.05) is 182 Å². The van der Waals surface area contributed by atoms with Crippen LogP contribution in [-0.4, -0.2) is 22.6 Å². The van der Waals surface area contributed by atoms with E-state index in [9.17, 15) is 17.5 Å². The van der Waals surface area contributed by atoms with Gasteiger partial charge in [0.25, 0.3) is 0 Å². The van der Waals surface area contributed by atoms with Gasteiger partial charge in [0.2, 0.25) is 0 Å². The van der Waals surface area contributed by atoms with Crippen molar-refractivity contribution in [3.05, 3.63) is 182 Å². The van der Waals surface area contributed by atoms with Crippen LogP contribution in [0.25, 0.3) is 0 Å². The molecule has 6 aromatic carbocycles. The number of rotatable bonds is 10. The van der Waals surface area contributed by atoms with Gasteiger partial charge in [-0.1, -0.05) is 109 Å². The molecule has 2 N–H and O–H groups in total. The maximum absolute atomic E-state index is 14.4. The highest BCUT2D eigenvalue weighted by Gasteiger charge is 2.50. The molecule has 6 nitrogen and oxygen atoms in total. The Morgan fingerprint density at radius 3 is 0.681 bits per heavy atom. The molecule has 0 radical (unpaired) electrons. The molecule has 0 spiro atoms. The lowest BCUT2D eigenvalue weighted by atomic mass is 10.4. The third-order valence-electron chi connectivity index (χ3n) is 7.17. The zero-order chi connectivity index (χ0) is 32.8. The summed E-state index contributed by atoms with van der Waals surface area (Å²) in [7, 11) is -14.8. The van der Waals surface area contributed by atoms with Crippen LogP contribution >= 0.6 is 20.6 Å². The fourth-order valence-corrected chi connectivity index (χ4v) is 17.1. The van der Waals surface area contributed by atoms with Crippen molar-refractivity contribution >= 4 is 40.9 Å². The third-order valence-corrected chi connectivity index (χ3v) is 18.5. The van der Waals surface area contributed by atoms with Gasteiger partial charge in [0.1, 0.15) is 0 Å². The van der Waals surface area contributed by atoms with Gasteiger partial charge in [0.05, 0.1) is 29.4 Å². The van der Waals surface area contributed by atoms with E-state index in [-0.39, 0.29) is 0 Å². The standard InChI is InChI=1S/C37H32O6S4/c38-44(39,42-46(32-19-7-1-8-20-32,33-21-9-2-10-22-33)34-23-11-3-12-24-34)31-45(40,41)43-47(35-25-13-4-14-26-35,36-27-15-5-16-28-36)37-29-17-6-18-30-37/h1-30H,31H2/p+2. The smallest absolute Gasteiger partial charge is 0.244 e. The van der Waals surface area contributed by atoms with Gasteiger partial charge < -0.3 is 0 Å². The quantitative estimate of drug-likeness (QED) is 0.110. The van der Waals surface area contributed by atoms with Crippen LogP contribution in [0.1, 0.15) is 0 Å². The van der Waals surface area contributed by atoms with Gasteiger partial charge in [-0.2, -0.15) is 0 Å². The molecule has 2 atom stereocenters. The molecule has 6 aromatic rings. The summed E-state index contributed by atoms with van der Waals surface area (Å²) >= 11 is 0. The summed E-state index contributed by atoms with van der Waals surface area (Å²) < 4.78 is 65.0. The second kappa shape index (κ2) is 13.9. The van der Waals surface area contributed by atoms with Gasteiger partial charge >= 0.3 is 25.3 Å². The Labute approximate surface area is 280 Å². The molecule has 0 aliphatic carbocycles. The average molecular weight is 703 g/mol. The minimum atomic E-state index is -4.51. The van der Waals surface area contributed by atoms with E-state index in [4.69, 9.17) is 6.57 Å². The molecular formula is C37H34O6S4+2. The molecule has 0 saturated heterocycles. The number of hydrogen-bond donors (Lipinski definition) is 2. The molecule has 47 heavy (non-hydrogen) atoms. The van der Waals surface area contributed by atoms with Crippen LogP contribution in [0.15, 0.2) is 211 Å². The molecule has 0 saturated carbocycles. The van der Waals surface area contributed by atoms with E-state index in [1.165, 1.54) is 0 Å². The minimum absolute atomic E-state index is 0.655. The Hall–Kier alpha value is -4.16. The number of benzene rings is 6. The van der Waals surface area contributed by atoms with E-state index < -0.39 is 45.9 Å². The maximum Gasteiger partial charge on any atom is 0.445 e. The lowest BCUT2D eigenvalue weighted by Gasteiger charge is -2.26. The molecule has 0 aromatic heterocycles. The Balaban J connectivity index is 1.61. The van der Waals surface area contributed by atoms with Crippen molar-refractivity contribution in [1.82, 2.24) is 0 Å². The van der Waals surface area contributed by atoms with Gasteiger partial charge in [0.15, 0.2) is 20.6 Å². The summed E-state index contributed by atoms with van der Waals surface area (Å²) in [6.45, 7) is 0. The van der Waals surface area contributed by atoms with Gasteiger partial charge in [-0.15, -0.1) is 15.0 Å². The topological polar surface area (TPSA) is 97.2 Å². The van der Waals surface area contributed by atoms with Crippen LogP contribution in [0.3, 0.4) is 0 Å². The lowest BCUT2D eigenvalue weighted by molar-refractivity contribution is 0.345. The summed E-state index contributed by atoms with van der Waals surface area (Å²) in [5, 5.41) is -1.18. The van der Waals surface area contributed by atoms with Gasteiger partial charge in [-0.3, -0.25) is 0 Å². The average Bonchev–Trinajstić information content (AvgIpc) is 3.11. The largest absolute Gasteiger partial charge is 0.445 e. The Morgan fingerprint density at radius 2 is 0.511 bits per heavy atom. The monoisotopic (exact) mass is 702 g/mol. The molecule has 0 heterocycles. The summed E-state index contributed by atoms with van der Waals surface area (Å²) in [5.41, 5.74) is 0. The van der Waals surface area contributed by atoms with Crippen LogP contribution in [0.4, 0.5) is 0 Å². The van der Waals surface area contributed by atoms with Crippen molar-refractivity contribution in [2.24, 2.45) is 0 Å². The second-order valence-corrected chi connectivity index (χ2v) is 19.8. The van der Waals surface area contributed by atoms with Crippen molar-refractivity contribution in [2.75, 3.05) is 5.08 Å². The summed E-state index contributed by atoms with van der Waals surface area (Å²) in [5.74, 6) is 0. The highest BCUT2D eigenvalue weighted by Crippen LogP contribution is 2.69. The first-order valence-electron chi connectivity index (χ1n) is 14.6. The highest BCUT2D eigenvalue weighted by atomic mass is 32.3. The Bertz CT molecular complexity index is 1820. The maximum atomic E-state index is 14.4. The number of hydrogen-bond acceptors (Lipinski definition) is 2. The third kappa shape index (κ3) is 6.94. The zero-order valence-electron chi connectivity index (χ0n) is 25.2. The van der Waals surface area contributed by atoms with Crippen LogP contribution in [0.5, 0.6) is 0 Å². The molecule has 10 heteroatoms. The first-order chi connectivity index (χ1) is 22.8. The predicted molar refractivity (Wildman–Crippen MR) is 191 cm³/mol. The molecule has 6 rings (SSSR count). The Morgan fingerprint density at radius 1 is 0.340 bits per heavy atom. The summed E-state index contributed by atoms with van der Waals surface area (Å²) in [4.78, 5) is 3.93. The molecule has 0 aliphatic heterocycles. The van der Waals surface area contributed by atoms with Gasteiger partial charge in [-0.05, 0) is 72.8 Å². The van der Waals surface area contributed by atoms with E-state index >= 15 is 0 Å². The van der Waals surface area contributed by atoms with Crippen molar-refractivity contribution in [3.63, 3.8) is 0 Å². The summed E-state index contributed by atoms with van der Waals surface area (Å²) in [6, 6.07) is 55.2. The predicted octanol–water partition coefficient (Wildman–Crippen LogP) is 10.0. The minimum Gasteiger partial charge on any atom is -0.244 e. The van der Waals surface area contributed by atoms with Crippen molar-refractivity contribution < 1.29 is 24.1 Å². The second-order valence-electron chi connectivity index (χ2n) is 10.4. The molecule has 0 amide bonds. The molecular weight excluding hydrogens is 669 g/mol. The van der Waals surface area contributed by atoms with E-state index in [2.05, 4.69) is 0 Å². The van der Waals surface area contributed by atoms with Crippen LogP contribution < -0.4 is 0 Å². The summed E-state index contributed by atoms with van der Waals surface area (Å²) in [6.07, 6.45) is 0. The van der Waals surface area contributed by atoms with Crippen LogP contribution in [0.2, 0.25) is 0 Å². The van der Waals surface area contributed by atoms with E-state index in [0.29, 0.717) is 29.4 Å². The molecule has 0 fully saturated rings. The van der Waals surface area contributed by atoms with Crippen LogP contribution in [-0.2, 0) is 26.8 Å². The molecule has 0 bridgehead atoms. The fraction of sp³-hybridized carbons (Fsp3) is 0.0270. The van der Waals surface area contributed by atoms with Crippen molar-refractivity contribution in [1.29, 1.82) is 0 Å². The zero-order valence-corrected chi connectivity index (χ0v) is 28.5. The van der Waals surface area contributed by atoms with Crippen LogP contribution in [0, 0.1) is 0 Å². The van der Waals surface area contributed by atoms with E-state index in [0.717, 1.165) is 0 Å². The van der Waals surface area contributed by atoms with E-state index in [1.54, 1.807) is 0 Å². The molecule has 0 aliphatic rings. The Kier molecular flexibility index (Phi) is 9.70. The SMILES string of the molecule is O=S(O)(CS(=O)(O)=[O+]S(c1ccccc1)(c1ccccc1)c1ccccc1)=[O+]S(c1ccccc1)(c1ccccc1)c1ccccc1. The first-order valence-corrected chi connectivity index (χ1v) is 21.0. The highest BCUT2D eigenvalue weighted by molar-refractivity contribution is 8.32. The first kappa shape index (κ1) is 32.8. The fourth-order valence-electron chi connectivity index (χ4n) is 5.27. The molecule has 2 unspecified atom stereocenters. The normalized spacial score (nSPS) is 15.0.